The van der Waals surface area contributed by atoms with Crippen molar-refractivity contribution in [2.45, 2.75) is 32.0 Å². The van der Waals surface area contributed by atoms with E-state index in [0.29, 0.717) is 6.61 Å². The van der Waals surface area contributed by atoms with Gasteiger partial charge in [-0.3, -0.25) is 4.90 Å². The Hall–Kier alpha value is -2.17. The fourth-order valence-electron chi connectivity index (χ4n) is 3.61. The summed E-state index contributed by atoms with van der Waals surface area (Å²) in [5.74, 6) is -0.334. The minimum absolute atomic E-state index is 0.0882. The Labute approximate surface area is 155 Å². The van der Waals surface area contributed by atoms with Gasteiger partial charge in [-0.15, -0.1) is 0 Å². The van der Waals surface area contributed by atoms with Crippen molar-refractivity contribution in [3.8, 4) is 0 Å². The summed E-state index contributed by atoms with van der Waals surface area (Å²) in [4.78, 5) is 15.7. The second-order valence-electron chi connectivity index (χ2n) is 6.56. The smallest absolute Gasteiger partial charge is 0.348 e. The van der Waals surface area contributed by atoms with Gasteiger partial charge in [0.1, 0.15) is 6.10 Å². The van der Waals surface area contributed by atoms with Crippen LogP contribution < -0.4 is 0 Å². The van der Waals surface area contributed by atoms with Gasteiger partial charge in [0, 0.05) is 19.7 Å². The number of benzene rings is 2. The minimum atomic E-state index is -1.24. The normalized spacial score (nSPS) is 18.0. The molecular weight excluding hydrogens is 326 g/mol. The molecule has 1 saturated heterocycles. The summed E-state index contributed by atoms with van der Waals surface area (Å²) in [5.41, 5.74) is 0.350. The highest BCUT2D eigenvalue weighted by atomic mass is 16.6. The highest BCUT2D eigenvalue weighted by Crippen LogP contribution is 2.36. The van der Waals surface area contributed by atoms with Crippen LogP contribution in [0, 0.1) is 0 Å². The van der Waals surface area contributed by atoms with Crippen LogP contribution in [0.15, 0.2) is 60.7 Å². The molecule has 0 radical (unpaired) electrons. The van der Waals surface area contributed by atoms with Crippen LogP contribution >= 0.6 is 0 Å². The Bertz CT molecular complexity index is 662. The first-order valence-corrected chi connectivity index (χ1v) is 9.39. The Morgan fingerprint density at radius 1 is 1.04 bits per heavy atom. The van der Waals surface area contributed by atoms with Gasteiger partial charge in [-0.1, -0.05) is 67.6 Å². The third-order valence-corrected chi connectivity index (χ3v) is 4.96. The molecule has 0 aliphatic carbocycles. The molecule has 0 amide bonds. The SMILES string of the molecule is CCOC(C(=O)OC1CCN(CC)C1)(c1ccccc1)c1ccccc1. The number of likely N-dealkylation sites (N-methyl/N-ethyl adjacent to an activating group) is 1. The lowest BCUT2D eigenvalue weighted by Gasteiger charge is -2.33. The molecule has 1 aliphatic rings. The molecule has 2 aromatic rings. The molecule has 1 unspecified atom stereocenters. The number of rotatable bonds is 7. The molecular formula is C22H27NO3. The number of carbonyl (C=O) groups excluding carboxylic acids is 1. The second-order valence-corrected chi connectivity index (χ2v) is 6.56. The van der Waals surface area contributed by atoms with E-state index in [1.165, 1.54) is 0 Å². The van der Waals surface area contributed by atoms with Crippen LogP contribution in [0.5, 0.6) is 0 Å². The summed E-state index contributed by atoms with van der Waals surface area (Å²) in [6, 6.07) is 19.3. The molecule has 0 spiro atoms. The van der Waals surface area contributed by atoms with Gasteiger partial charge in [0.15, 0.2) is 0 Å². The average Bonchev–Trinajstić information content (AvgIpc) is 3.15. The zero-order chi connectivity index (χ0) is 18.4. The Kier molecular flexibility index (Phi) is 6.07. The molecule has 0 aromatic heterocycles. The van der Waals surface area contributed by atoms with Gasteiger partial charge in [0.05, 0.1) is 0 Å². The van der Waals surface area contributed by atoms with Gasteiger partial charge in [0.25, 0.3) is 0 Å². The van der Waals surface area contributed by atoms with Crippen molar-refractivity contribution in [2.75, 3.05) is 26.2 Å². The first-order valence-electron chi connectivity index (χ1n) is 9.39. The highest BCUT2D eigenvalue weighted by molar-refractivity contribution is 5.86. The standard InChI is InChI=1S/C22H27NO3/c1-3-23-16-15-20(17-23)26-21(24)22(25-4-2,18-11-7-5-8-12-18)19-13-9-6-10-14-19/h5-14,20H,3-4,15-17H2,1-2H3. The first kappa shape index (κ1) is 18.6. The maximum absolute atomic E-state index is 13.4. The molecule has 1 fully saturated rings. The lowest BCUT2D eigenvalue weighted by Crippen LogP contribution is -2.43. The van der Waals surface area contributed by atoms with Crippen LogP contribution in [0.4, 0.5) is 0 Å². The summed E-state index contributed by atoms with van der Waals surface area (Å²) >= 11 is 0. The summed E-state index contributed by atoms with van der Waals surface area (Å²) < 4.78 is 12.1. The zero-order valence-corrected chi connectivity index (χ0v) is 15.6. The lowest BCUT2D eigenvalue weighted by molar-refractivity contribution is -0.173. The van der Waals surface area contributed by atoms with E-state index in [0.717, 1.165) is 37.2 Å². The van der Waals surface area contributed by atoms with Crippen molar-refractivity contribution in [3.05, 3.63) is 71.8 Å². The van der Waals surface area contributed by atoms with Crippen molar-refractivity contribution >= 4 is 5.97 Å². The molecule has 2 aromatic carbocycles. The van der Waals surface area contributed by atoms with Crippen LogP contribution in [0.25, 0.3) is 0 Å². The molecule has 1 heterocycles. The van der Waals surface area contributed by atoms with Crippen molar-refractivity contribution in [1.82, 2.24) is 4.90 Å². The molecule has 0 saturated carbocycles. The summed E-state index contributed by atoms with van der Waals surface area (Å²) in [6.07, 6.45) is 0.778. The van der Waals surface area contributed by atoms with Crippen molar-refractivity contribution < 1.29 is 14.3 Å². The van der Waals surface area contributed by atoms with Crippen LogP contribution in [-0.2, 0) is 19.9 Å². The predicted octanol–water partition coefficient (Wildman–Crippen LogP) is 3.60. The number of hydrogen-bond acceptors (Lipinski definition) is 4. The topological polar surface area (TPSA) is 38.8 Å². The molecule has 1 atom stereocenters. The number of esters is 1. The van der Waals surface area contributed by atoms with Gasteiger partial charge < -0.3 is 9.47 Å². The molecule has 138 valence electrons. The monoisotopic (exact) mass is 353 g/mol. The van der Waals surface area contributed by atoms with Crippen LogP contribution in [-0.4, -0.2) is 43.2 Å². The molecule has 3 rings (SSSR count). The van der Waals surface area contributed by atoms with Crippen LogP contribution in [0.2, 0.25) is 0 Å². The Morgan fingerprint density at radius 3 is 2.08 bits per heavy atom. The minimum Gasteiger partial charge on any atom is -0.458 e. The maximum Gasteiger partial charge on any atom is 0.348 e. The molecule has 1 aliphatic heterocycles. The quantitative estimate of drug-likeness (QED) is 0.713. The highest BCUT2D eigenvalue weighted by Gasteiger charge is 2.46. The van der Waals surface area contributed by atoms with Gasteiger partial charge >= 0.3 is 5.97 Å². The number of carbonyl (C=O) groups is 1. The number of ether oxygens (including phenoxy) is 2. The fraction of sp³-hybridized carbons (Fsp3) is 0.409. The van der Waals surface area contributed by atoms with E-state index in [1.807, 2.05) is 67.6 Å². The maximum atomic E-state index is 13.4. The molecule has 4 heteroatoms. The first-order chi connectivity index (χ1) is 12.7. The van der Waals surface area contributed by atoms with E-state index in [9.17, 15) is 4.79 Å². The number of hydrogen-bond donors (Lipinski definition) is 0. The molecule has 4 nitrogen and oxygen atoms in total. The molecule has 0 N–H and O–H groups in total. The summed E-state index contributed by atoms with van der Waals surface area (Å²) in [6.45, 7) is 7.17. The summed E-state index contributed by atoms with van der Waals surface area (Å²) in [7, 11) is 0. The van der Waals surface area contributed by atoms with Crippen molar-refractivity contribution in [1.29, 1.82) is 0 Å². The molecule has 0 bridgehead atoms. The Morgan fingerprint density at radius 2 is 1.62 bits per heavy atom. The van der Waals surface area contributed by atoms with Crippen molar-refractivity contribution in [3.63, 3.8) is 0 Å². The van der Waals surface area contributed by atoms with E-state index in [-0.39, 0.29) is 12.1 Å². The van der Waals surface area contributed by atoms with Crippen molar-refractivity contribution in [2.24, 2.45) is 0 Å². The van der Waals surface area contributed by atoms with Gasteiger partial charge in [-0.05, 0) is 31.0 Å². The van der Waals surface area contributed by atoms with Gasteiger partial charge in [-0.25, -0.2) is 4.79 Å². The summed E-state index contributed by atoms with van der Waals surface area (Å²) in [5, 5.41) is 0. The van der Waals surface area contributed by atoms with E-state index in [4.69, 9.17) is 9.47 Å². The van der Waals surface area contributed by atoms with E-state index >= 15 is 0 Å². The fourth-order valence-corrected chi connectivity index (χ4v) is 3.61. The van der Waals surface area contributed by atoms with Gasteiger partial charge in [0.2, 0.25) is 5.60 Å². The number of nitrogens with zero attached hydrogens (tertiary/aromatic N) is 1. The average molecular weight is 353 g/mol. The third-order valence-electron chi connectivity index (χ3n) is 4.96. The lowest BCUT2D eigenvalue weighted by atomic mass is 9.86. The largest absolute Gasteiger partial charge is 0.458 e. The van der Waals surface area contributed by atoms with Gasteiger partial charge in [-0.2, -0.15) is 0 Å². The molecule has 26 heavy (non-hydrogen) atoms. The number of likely N-dealkylation sites (tertiary alicyclic amines) is 1. The Balaban J connectivity index is 1.98. The van der Waals surface area contributed by atoms with Crippen LogP contribution in [0.3, 0.4) is 0 Å². The van der Waals surface area contributed by atoms with Crippen LogP contribution in [0.1, 0.15) is 31.4 Å². The second kappa shape index (κ2) is 8.47. The van der Waals surface area contributed by atoms with E-state index < -0.39 is 5.60 Å². The predicted molar refractivity (Wildman–Crippen MR) is 102 cm³/mol. The third kappa shape index (κ3) is 3.67. The van der Waals surface area contributed by atoms with E-state index in [1.54, 1.807) is 0 Å². The zero-order valence-electron chi connectivity index (χ0n) is 15.6. The van der Waals surface area contributed by atoms with E-state index in [2.05, 4.69) is 11.8 Å².